The molecule has 2 aromatic rings. The molecule has 0 heterocycles. The molecule has 3 amide bonds. The van der Waals surface area contributed by atoms with Gasteiger partial charge in [0, 0.05) is 23.1 Å². The largest absolute Gasteiger partial charge is 0.453 e. The maximum Gasteiger partial charge on any atom is 0.413 e. The molecule has 0 aliphatic rings. The summed E-state index contributed by atoms with van der Waals surface area (Å²) in [5.74, 6) is -0.794. The Hall–Kier alpha value is -3.33. The van der Waals surface area contributed by atoms with Gasteiger partial charge in [0.15, 0.2) is 0 Å². The number of carbonyl (C=O) groups is 3. The summed E-state index contributed by atoms with van der Waals surface area (Å²) in [7, 11) is 1.20. The maximum atomic E-state index is 11.8. The maximum absolute atomic E-state index is 11.8. The zero-order chi connectivity index (χ0) is 21.2. The molecule has 0 saturated carbocycles. The van der Waals surface area contributed by atoms with Gasteiger partial charge in [-0.25, -0.2) is 4.79 Å². The lowest BCUT2D eigenvalue weighted by Crippen LogP contribution is -2.36. The summed E-state index contributed by atoms with van der Waals surface area (Å²) >= 11 is 1.52. The van der Waals surface area contributed by atoms with Gasteiger partial charge in [0.25, 0.3) is 0 Å². The highest BCUT2D eigenvalue weighted by molar-refractivity contribution is 7.99. The molecule has 0 aromatic heterocycles. The summed E-state index contributed by atoms with van der Waals surface area (Å²) in [6.45, 7) is 3.04. The molecule has 0 atom stereocenters. The number of alkyl carbamates (subject to hydrolysis) is 1. The molecule has 29 heavy (non-hydrogen) atoms. The van der Waals surface area contributed by atoms with E-state index in [4.69, 9.17) is 0 Å². The Balaban J connectivity index is 2.37. The van der Waals surface area contributed by atoms with E-state index in [9.17, 15) is 14.4 Å². The third-order valence-electron chi connectivity index (χ3n) is 3.48. The molecule has 152 valence electrons. The average molecular weight is 414 g/mol. The minimum Gasteiger partial charge on any atom is -0.453 e. The number of amides is 3. The molecule has 0 radical (unpaired) electrons. The Morgan fingerprint density at radius 3 is 2.34 bits per heavy atom. The Bertz CT molecular complexity index is 916. The van der Waals surface area contributed by atoms with Gasteiger partial charge in [-0.15, -0.1) is 0 Å². The van der Waals surface area contributed by atoms with Gasteiger partial charge in [0.2, 0.25) is 17.8 Å². The first-order chi connectivity index (χ1) is 13.9. The second kappa shape index (κ2) is 10.9. The van der Waals surface area contributed by atoms with E-state index in [1.54, 1.807) is 19.1 Å². The lowest BCUT2D eigenvalue weighted by molar-refractivity contribution is -0.117. The quantitative estimate of drug-likeness (QED) is 0.506. The SMILES string of the molecule is CCC(=O)/N=C(/NC(=O)OC)Nc1cc(Sc2ccccc2)ccc1NC(C)=O. The van der Waals surface area contributed by atoms with Crippen molar-refractivity contribution in [1.82, 2.24) is 5.32 Å². The molecule has 0 unspecified atom stereocenters. The molecular weight excluding hydrogens is 392 g/mol. The lowest BCUT2D eigenvalue weighted by Gasteiger charge is -2.15. The summed E-state index contributed by atoms with van der Waals surface area (Å²) in [5.41, 5.74) is 0.929. The fourth-order valence-corrected chi connectivity index (χ4v) is 3.06. The Kier molecular flexibility index (Phi) is 8.23. The van der Waals surface area contributed by atoms with Crippen molar-refractivity contribution in [2.75, 3.05) is 17.7 Å². The van der Waals surface area contributed by atoms with E-state index in [0.29, 0.717) is 11.4 Å². The van der Waals surface area contributed by atoms with E-state index in [0.717, 1.165) is 9.79 Å². The first-order valence-corrected chi connectivity index (χ1v) is 9.61. The third-order valence-corrected chi connectivity index (χ3v) is 4.48. The van der Waals surface area contributed by atoms with Crippen LogP contribution < -0.4 is 16.0 Å². The van der Waals surface area contributed by atoms with Crippen molar-refractivity contribution >= 4 is 47.0 Å². The third kappa shape index (κ3) is 7.30. The molecule has 2 aromatic carbocycles. The highest BCUT2D eigenvalue weighted by atomic mass is 32.2. The Morgan fingerprint density at radius 2 is 1.72 bits per heavy atom. The molecule has 0 spiro atoms. The zero-order valence-corrected chi connectivity index (χ0v) is 17.1. The second-order valence-electron chi connectivity index (χ2n) is 5.75. The van der Waals surface area contributed by atoms with Crippen molar-refractivity contribution in [2.24, 2.45) is 4.99 Å². The number of nitrogens with one attached hydrogen (secondary N) is 3. The Labute approximate surface area is 173 Å². The summed E-state index contributed by atoms with van der Waals surface area (Å²) in [6, 6.07) is 15.1. The lowest BCUT2D eigenvalue weighted by atomic mass is 10.2. The van der Waals surface area contributed by atoms with Gasteiger partial charge in [-0.2, -0.15) is 4.99 Å². The van der Waals surface area contributed by atoms with E-state index in [2.05, 4.69) is 25.7 Å². The molecule has 9 heteroatoms. The molecule has 0 aliphatic heterocycles. The molecule has 0 bridgehead atoms. The number of benzene rings is 2. The van der Waals surface area contributed by atoms with Gasteiger partial charge in [0.05, 0.1) is 18.5 Å². The van der Waals surface area contributed by atoms with Crippen LogP contribution in [0.4, 0.5) is 16.2 Å². The topological polar surface area (TPSA) is 109 Å². The number of ether oxygens (including phenoxy) is 1. The van der Waals surface area contributed by atoms with Crippen LogP contribution in [-0.4, -0.2) is 31.0 Å². The van der Waals surface area contributed by atoms with Crippen LogP contribution in [0, 0.1) is 0 Å². The summed E-state index contributed by atoms with van der Waals surface area (Å²) < 4.78 is 4.58. The van der Waals surface area contributed by atoms with Gasteiger partial charge in [-0.3, -0.25) is 14.9 Å². The normalized spacial score (nSPS) is 10.8. The van der Waals surface area contributed by atoms with Gasteiger partial charge in [-0.05, 0) is 30.3 Å². The van der Waals surface area contributed by atoms with Gasteiger partial charge >= 0.3 is 6.09 Å². The van der Waals surface area contributed by atoms with Crippen molar-refractivity contribution in [1.29, 1.82) is 0 Å². The average Bonchev–Trinajstić information content (AvgIpc) is 2.70. The van der Waals surface area contributed by atoms with Gasteiger partial charge in [0.1, 0.15) is 0 Å². The van der Waals surface area contributed by atoms with Crippen LogP contribution in [0.5, 0.6) is 0 Å². The zero-order valence-electron chi connectivity index (χ0n) is 16.3. The number of methoxy groups -OCH3 is 1. The second-order valence-corrected chi connectivity index (χ2v) is 6.90. The number of nitrogens with zero attached hydrogens (tertiary/aromatic N) is 1. The standard InChI is InChI=1S/C20H22N4O4S/c1-4-18(26)23-19(24-20(27)28-3)22-17-12-15(10-11-16(17)21-13(2)25)29-14-8-6-5-7-9-14/h5-12H,4H2,1-3H3,(H,21,25)(H2,22,23,24,26,27). The number of hydrogen-bond acceptors (Lipinski definition) is 5. The van der Waals surface area contributed by atoms with Crippen LogP contribution in [0.25, 0.3) is 0 Å². The van der Waals surface area contributed by atoms with Crippen LogP contribution in [0.2, 0.25) is 0 Å². The minimum absolute atomic E-state index is 0.0998. The molecular formula is C20H22N4O4S. The first kappa shape index (κ1) is 22.0. The van der Waals surface area contributed by atoms with Crippen LogP contribution >= 0.6 is 11.8 Å². The van der Waals surface area contributed by atoms with Gasteiger partial charge < -0.3 is 15.4 Å². The fraction of sp³-hybridized carbons (Fsp3) is 0.200. The predicted octanol–water partition coefficient (Wildman–Crippen LogP) is 3.86. The van der Waals surface area contributed by atoms with E-state index in [1.165, 1.54) is 25.8 Å². The van der Waals surface area contributed by atoms with Crippen molar-refractivity contribution in [3.8, 4) is 0 Å². The smallest absolute Gasteiger partial charge is 0.413 e. The van der Waals surface area contributed by atoms with Gasteiger partial charge in [-0.1, -0.05) is 36.9 Å². The van der Waals surface area contributed by atoms with Crippen molar-refractivity contribution < 1.29 is 19.1 Å². The number of guanidine groups is 1. The van der Waals surface area contributed by atoms with Crippen LogP contribution in [0.1, 0.15) is 20.3 Å². The molecule has 8 nitrogen and oxygen atoms in total. The van der Waals surface area contributed by atoms with Crippen molar-refractivity contribution in [3.63, 3.8) is 0 Å². The van der Waals surface area contributed by atoms with E-state index in [1.807, 2.05) is 36.4 Å². The minimum atomic E-state index is -0.781. The molecule has 2 rings (SSSR count). The number of anilines is 2. The highest BCUT2D eigenvalue weighted by Crippen LogP contribution is 2.33. The molecule has 0 aliphatic carbocycles. The van der Waals surface area contributed by atoms with E-state index >= 15 is 0 Å². The number of aliphatic imine (C=N–C) groups is 1. The number of carbonyl (C=O) groups excluding carboxylic acids is 3. The monoisotopic (exact) mass is 414 g/mol. The fourth-order valence-electron chi connectivity index (χ4n) is 2.18. The van der Waals surface area contributed by atoms with E-state index in [-0.39, 0.29) is 18.3 Å². The summed E-state index contributed by atoms with van der Waals surface area (Å²) in [5, 5.41) is 7.98. The molecule has 3 N–H and O–H groups in total. The van der Waals surface area contributed by atoms with Crippen LogP contribution in [0.3, 0.4) is 0 Å². The Morgan fingerprint density at radius 1 is 1.00 bits per heavy atom. The first-order valence-electron chi connectivity index (χ1n) is 8.79. The highest BCUT2D eigenvalue weighted by Gasteiger charge is 2.13. The number of rotatable bonds is 5. The summed E-state index contributed by atoms with van der Waals surface area (Å²) in [6.07, 6.45) is -0.618. The predicted molar refractivity (Wildman–Crippen MR) is 113 cm³/mol. The number of hydrogen-bond donors (Lipinski definition) is 3. The van der Waals surface area contributed by atoms with Crippen molar-refractivity contribution in [3.05, 3.63) is 48.5 Å². The van der Waals surface area contributed by atoms with Crippen molar-refractivity contribution in [2.45, 2.75) is 30.1 Å². The van der Waals surface area contributed by atoms with Crippen LogP contribution in [0.15, 0.2) is 63.3 Å². The summed E-state index contributed by atoms with van der Waals surface area (Å²) in [4.78, 5) is 40.7. The van der Waals surface area contributed by atoms with Crippen LogP contribution in [-0.2, 0) is 14.3 Å². The van der Waals surface area contributed by atoms with E-state index < -0.39 is 12.0 Å². The molecule has 0 fully saturated rings. The molecule has 0 saturated heterocycles.